The van der Waals surface area contributed by atoms with E-state index in [1.165, 1.54) is 11.8 Å². The Hall–Kier alpha value is -1.95. The Bertz CT molecular complexity index is 710. The molecule has 1 atom stereocenters. The van der Waals surface area contributed by atoms with E-state index in [4.69, 9.17) is 9.47 Å². The van der Waals surface area contributed by atoms with Gasteiger partial charge in [-0.25, -0.2) is 0 Å². The number of nitrogens with zero attached hydrogens (tertiary/aromatic N) is 1. The molecular formula is C18H23NO4S. The lowest BCUT2D eigenvalue weighted by molar-refractivity contribution is -0.144. The number of hydrogen-bond acceptors (Lipinski definition) is 5. The van der Waals surface area contributed by atoms with Gasteiger partial charge in [0.1, 0.15) is 11.8 Å². The summed E-state index contributed by atoms with van der Waals surface area (Å²) in [5.74, 6) is -0.473. The second-order valence-electron chi connectivity index (χ2n) is 5.21. The molecule has 6 heteroatoms. The van der Waals surface area contributed by atoms with Crippen LogP contribution in [-0.2, 0) is 25.6 Å². The highest BCUT2D eigenvalue weighted by Crippen LogP contribution is 2.34. The molecular weight excluding hydrogens is 326 g/mol. The number of thioether (sulfide) groups is 1. The van der Waals surface area contributed by atoms with Gasteiger partial charge in [0, 0.05) is 22.0 Å². The zero-order chi connectivity index (χ0) is 17.5. The summed E-state index contributed by atoms with van der Waals surface area (Å²) in [6, 6.07) is 7.84. The summed E-state index contributed by atoms with van der Waals surface area (Å²) in [6.45, 7) is 6.46. The highest BCUT2D eigenvalue weighted by molar-refractivity contribution is 8.00. The minimum atomic E-state index is -0.271. The maximum Gasteiger partial charge on any atom is 0.325 e. The first-order valence-electron chi connectivity index (χ1n) is 8.17. The van der Waals surface area contributed by atoms with Crippen molar-refractivity contribution in [2.45, 2.75) is 43.9 Å². The van der Waals surface area contributed by atoms with E-state index in [1.807, 2.05) is 42.0 Å². The predicted molar refractivity (Wildman–Crippen MR) is 95.1 cm³/mol. The van der Waals surface area contributed by atoms with Crippen molar-refractivity contribution in [3.63, 3.8) is 0 Å². The first kappa shape index (κ1) is 18.4. The Kier molecular flexibility index (Phi) is 6.73. The second kappa shape index (κ2) is 8.78. The fraction of sp³-hybridized carbons (Fsp3) is 0.444. The highest BCUT2D eigenvalue weighted by Gasteiger charge is 2.22. The lowest BCUT2D eigenvalue weighted by Crippen LogP contribution is -2.19. The van der Waals surface area contributed by atoms with Crippen LogP contribution in [0.1, 0.15) is 27.2 Å². The van der Waals surface area contributed by atoms with Crippen LogP contribution in [0.5, 0.6) is 0 Å². The molecule has 0 amide bonds. The fourth-order valence-corrected chi connectivity index (χ4v) is 3.60. The van der Waals surface area contributed by atoms with Gasteiger partial charge in [-0.05, 0) is 26.3 Å². The van der Waals surface area contributed by atoms with Crippen molar-refractivity contribution >= 4 is 34.6 Å². The number of carbonyl (C=O) groups excluding carboxylic acids is 2. The molecule has 1 unspecified atom stereocenters. The standard InChI is InChI=1S/C18H23NO4S/c1-4-15(18(21)23-6-3)24-16-11-19(12-17(20)22-5-2)14-10-8-7-9-13(14)16/h7-11,15H,4-6,12H2,1-3H3. The minimum Gasteiger partial charge on any atom is -0.465 e. The third kappa shape index (κ3) is 4.32. The van der Waals surface area contributed by atoms with Gasteiger partial charge in [0.2, 0.25) is 0 Å². The van der Waals surface area contributed by atoms with Crippen LogP contribution in [0, 0.1) is 0 Å². The summed E-state index contributed by atoms with van der Waals surface area (Å²) in [5.41, 5.74) is 0.951. The molecule has 0 spiro atoms. The first-order chi connectivity index (χ1) is 11.6. The first-order valence-corrected chi connectivity index (χ1v) is 9.05. The third-order valence-electron chi connectivity index (χ3n) is 3.55. The Morgan fingerprint density at radius 3 is 2.50 bits per heavy atom. The third-order valence-corrected chi connectivity index (χ3v) is 4.94. The number of para-hydroxylation sites is 1. The van der Waals surface area contributed by atoms with Crippen LogP contribution in [0.15, 0.2) is 35.4 Å². The van der Waals surface area contributed by atoms with Gasteiger partial charge in [-0.1, -0.05) is 25.1 Å². The largest absolute Gasteiger partial charge is 0.465 e. The summed E-state index contributed by atoms with van der Waals surface area (Å²) >= 11 is 1.48. The van der Waals surface area contributed by atoms with Crippen molar-refractivity contribution in [2.75, 3.05) is 13.2 Å². The molecule has 0 aliphatic heterocycles. The van der Waals surface area contributed by atoms with Gasteiger partial charge in [-0.2, -0.15) is 0 Å². The number of rotatable bonds is 8. The summed E-state index contributed by atoms with van der Waals surface area (Å²) in [5, 5.41) is 0.765. The molecule has 130 valence electrons. The Balaban J connectivity index is 2.30. The monoisotopic (exact) mass is 349 g/mol. The quantitative estimate of drug-likeness (QED) is 0.538. The van der Waals surface area contributed by atoms with Crippen molar-refractivity contribution in [3.8, 4) is 0 Å². The molecule has 0 bridgehead atoms. The normalized spacial score (nSPS) is 12.1. The average molecular weight is 349 g/mol. The molecule has 0 N–H and O–H groups in total. The van der Waals surface area contributed by atoms with Crippen molar-refractivity contribution < 1.29 is 19.1 Å². The Morgan fingerprint density at radius 1 is 1.12 bits per heavy atom. The van der Waals surface area contributed by atoms with Crippen molar-refractivity contribution in [2.24, 2.45) is 0 Å². The van der Waals surface area contributed by atoms with Gasteiger partial charge in [-0.3, -0.25) is 9.59 Å². The summed E-state index contributed by atoms with van der Waals surface area (Å²) in [4.78, 5) is 24.8. The molecule has 1 heterocycles. The lowest BCUT2D eigenvalue weighted by atomic mass is 10.2. The van der Waals surface area contributed by atoms with Gasteiger partial charge < -0.3 is 14.0 Å². The number of hydrogen-bond donors (Lipinski definition) is 0. The van der Waals surface area contributed by atoms with Crippen molar-refractivity contribution in [3.05, 3.63) is 30.5 Å². The zero-order valence-corrected chi connectivity index (χ0v) is 15.1. The summed E-state index contributed by atoms with van der Waals surface area (Å²) in [7, 11) is 0. The zero-order valence-electron chi connectivity index (χ0n) is 14.3. The number of esters is 2. The van der Waals surface area contributed by atoms with Crippen LogP contribution >= 0.6 is 11.8 Å². The van der Waals surface area contributed by atoms with Gasteiger partial charge in [0.15, 0.2) is 0 Å². The number of aromatic nitrogens is 1. The lowest BCUT2D eigenvalue weighted by Gasteiger charge is -2.12. The molecule has 1 aromatic carbocycles. The summed E-state index contributed by atoms with van der Waals surface area (Å²) in [6.07, 6.45) is 2.59. The maximum absolute atomic E-state index is 12.1. The van der Waals surface area contributed by atoms with E-state index in [2.05, 4.69) is 0 Å². The number of carbonyl (C=O) groups is 2. The number of ether oxygens (including phenoxy) is 2. The van der Waals surface area contributed by atoms with E-state index in [0.717, 1.165) is 15.8 Å². The van der Waals surface area contributed by atoms with Crippen LogP contribution in [0.25, 0.3) is 10.9 Å². The molecule has 0 saturated heterocycles. The molecule has 0 fully saturated rings. The van der Waals surface area contributed by atoms with E-state index < -0.39 is 0 Å². The molecule has 0 saturated carbocycles. The highest BCUT2D eigenvalue weighted by atomic mass is 32.2. The fourth-order valence-electron chi connectivity index (χ4n) is 2.47. The maximum atomic E-state index is 12.1. The van der Waals surface area contributed by atoms with Crippen LogP contribution in [0.3, 0.4) is 0 Å². The molecule has 0 aliphatic carbocycles. The molecule has 1 aromatic heterocycles. The average Bonchev–Trinajstić information content (AvgIpc) is 2.91. The molecule has 0 aliphatic rings. The Labute approximate surface area is 146 Å². The van der Waals surface area contributed by atoms with Crippen molar-refractivity contribution in [1.82, 2.24) is 4.57 Å². The number of benzene rings is 1. The molecule has 2 rings (SSSR count). The van der Waals surface area contributed by atoms with Crippen LogP contribution in [0.4, 0.5) is 0 Å². The minimum absolute atomic E-state index is 0.158. The van der Waals surface area contributed by atoms with E-state index >= 15 is 0 Å². The number of fused-ring (bicyclic) bond motifs is 1. The molecule has 24 heavy (non-hydrogen) atoms. The summed E-state index contributed by atoms with van der Waals surface area (Å²) < 4.78 is 12.0. The van der Waals surface area contributed by atoms with Crippen LogP contribution < -0.4 is 0 Å². The SMILES string of the molecule is CCOC(=O)Cn1cc(SC(CC)C(=O)OCC)c2ccccc21. The second-order valence-corrected chi connectivity index (χ2v) is 6.45. The van der Waals surface area contributed by atoms with Gasteiger partial charge in [0.05, 0.1) is 13.2 Å². The van der Waals surface area contributed by atoms with E-state index in [-0.39, 0.29) is 23.7 Å². The molecule has 2 aromatic rings. The van der Waals surface area contributed by atoms with Gasteiger partial charge >= 0.3 is 11.9 Å². The molecule has 0 radical (unpaired) electrons. The van der Waals surface area contributed by atoms with Crippen LogP contribution in [0.2, 0.25) is 0 Å². The topological polar surface area (TPSA) is 57.5 Å². The van der Waals surface area contributed by atoms with Crippen molar-refractivity contribution in [1.29, 1.82) is 0 Å². The van der Waals surface area contributed by atoms with Gasteiger partial charge in [0.25, 0.3) is 0 Å². The van der Waals surface area contributed by atoms with E-state index in [1.54, 1.807) is 13.8 Å². The smallest absolute Gasteiger partial charge is 0.325 e. The van der Waals surface area contributed by atoms with E-state index in [0.29, 0.717) is 19.6 Å². The van der Waals surface area contributed by atoms with E-state index in [9.17, 15) is 9.59 Å². The van der Waals surface area contributed by atoms with Gasteiger partial charge in [-0.15, -0.1) is 11.8 Å². The Morgan fingerprint density at radius 2 is 1.83 bits per heavy atom. The predicted octanol–water partition coefficient (Wildman–Crippen LogP) is 3.64. The molecule has 5 nitrogen and oxygen atoms in total. The van der Waals surface area contributed by atoms with Crippen LogP contribution in [-0.4, -0.2) is 35.0 Å².